The first-order valence-electron chi connectivity index (χ1n) is 9.01. The van der Waals surface area contributed by atoms with Crippen molar-refractivity contribution in [2.45, 2.75) is 39.2 Å². The van der Waals surface area contributed by atoms with Gasteiger partial charge in [0.05, 0.1) is 17.5 Å². The zero-order chi connectivity index (χ0) is 18.1. The molecular formula is C20H22N4O2. The average molecular weight is 350 g/mol. The van der Waals surface area contributed by atoms with Gasteiger partial charge < -0.3 is 9.32 Å². The zero-order valence-electron chi connectivity index (χ0n) is 15.1. The number of piperidine rings is 1. The molecule has 4 rings (SSSR count). The van der Waals surface area contributed by atoms with Crippen LogP contribution in [0.4, 0.5) is 0 Å². The van der Waals surface area contributed by atoms with E-state index in [1.54, 1.807) is 17.2 Å². The Balaban J connectivity index is 1.76. The molecule has 0 N–H and O–H groups in total. The summed E-state index contributed by atoms with van der Waals surface area (Å²) in [6.07, 6.45) is 6.43. The molecule has 0 radical (unpaired) electrons. The second kappa shape index (κ2) is 6.78. The van der Waals surface area contributed by atoms with E-state index < -0.39 is 0 Å². The predicted molar refractivity (Wildman–Crippen MR) is 98.1 cm³/mol. The standard InChI is InChI=1S/C20H22N4O2/c1-14-6-8-17(9-7-14)24-19(16-10-12-26-13-16)21-18(22-24)20(25)23-11-4-3-5-15(23)2/h6-10,12-13,15H,3-5,11H2,1-2H3/t15-/m1/s1. The largest absolute Gasteiger partial charge is 0.472 e. The van der Waals surface area contributed by atoms with Gasteiger partial charge in [0, 0.05) is 12.6 Å². The topological polar surface area (TPSA) is 64.2 Å². The molecule has 1 aromatic carbocycles. The minimum absolute atomic E-state index is 0.104. The van der Waals surface area contributed by atoms with Gasteiger partial charge in [0.1, 0.15) is 6.26 Å². The van der Waals surface area contributed by atoms with Gasteiger partial charge in [-0.2, -0.15) is 0 Å². The van der Waals surface area contributed by atoms with Crippen LogP contribution in [0.25, 0.3) is 17.1 Å². The quantitative estimate of drug-likeness (QED) is 0.720. The van der Waals surface area contributed by atoms with Crippen molar-refractivity contribution < 1.29 is 9.21 Å². The lowest BCUT2D eigenvalue weighted by Crippen LogP contribution is -2.42. The van der Waals surface area contributed by atoms with Crippen molar-refractivity contribution in [2.75, 3.05) is 6.54 Å². The average Bonchev–Trinajstić information content (AvgIpc) is 3.32. The molecule has 1 saturated heterocycles. The third-order valence-electron chi connectivity index (χ3n) is 4.92. The van der Waals surface area contributed by atoms with Crippen molar-refractivity contribution in [3.05, 3.63) is 54.2 Å². The molecule has 0 bridgehead atoms. The van der Waals surface area contributed by atoms with Crippen LogP contribution in [0.1, 0.15) is 42.4 Å². The second-order valence-electron chi connectivity index (χ2n) is 6.86. The fourth-order valence-electron chi connectivity index (χ4n) is 3.38. The highest BCUT2D eigenvalue weighted by Gasteiger charge is 2.28. The van der Waals surface area contributed by atoms with Crippen molar-refractivity contribution in [1.82, 2.24) is 19.7 Å². The van der Waals surface area contributed by atoms with E-state index >= 15 is 0 Å². The summed E-state index contributed by atoms with van der Waals surface area (Å²) < 4.78 is 6.92. The van der Waals surface area contributed by atoms with Crippen LogP contribution in [0.5, 0.6) is 0 Å². The Morgan fingerprint density at radius 3 is 2.69 bits per heavy atom. The summed E-state index contributed by atoms with van der Waals surface area (Å²) in [5.41, 5.74) is 2.83. The molecule has 0 unspecified atom stereocenters. The van der Waals surface area contributed by atoms with Crippen molar-refractivity contribution in [2.24, 2.45) is 0 Å². The molecule has 3 aromatic rings. The Kier molecular flexibility index (Phi) is 4.32. The molecule has 1 aliphatic heterocycles. The van der Waals surface area contributed by atoms with Crippen LogP contribution in [0.3, 0.4) is 0 Å². The van der Waals surface area contributed by atoms with E-state index in [0.29, 0.717) is 5.82 Å². The molecule has 3 heterocycles. The number of hydrogen-bond donors (Lipinski definition) is 0. The van der Waals surface area contributed by atoms with Crippen LogP contribution >= 0.6 is 0 Å². The minimum atomic E-state index is -0.104. The molecular weight excluding hydrogens is 328 g/mol. The van der Waals surface area contributed by atoms with Gasteiger partial charge in [-0.25, -0.2) is 9.67 Å². The number of likely N-dealkylation sites (tertiary alicyclic amines) is 1. The summed E-state index contributed by atoms with van der Waals surface area (Å²) in [4.78, 5) is 19.4. The first kappa shape index (κ1) is 16.6. The second-order valence-corrected chi connectivity index (χ2v) is 6.86. The van der Waals surface area contributed by atoms with Gasteiger partial charge in [-0.05, 0) is 51.3 Å². The molecule has 0 aliphatic carbocycles. The number of furan rings is 1. The fourth-order valence-corrected chi connectivity index (χ4v) is 3.38. The first-order valence-corrected chi connectivity index (χ1v) is 9.01. The maximum atomic E-state index is 13.0. The van der Waals surface area contributed by atoms with Crippen LogP contribution in [-0.4, -0.2) is 38.2 Å². The van der Waals surface area contributed by atoms with E-state index in [1.807, 2.05) is 42.2 Å². The van der Waals surface area contributed by atoms with Gasteiger partial charge in [-0.15, -0.1) is 5.10 Å². The van der Waals surface area contributed by atoms with Crippen LogP contribution in [-0.2, 0) is 0 Å². The molecule has 1 aliphatic rings. The number of carbonyl (C=O) groups excluding carboxylic acids is 1. The number of aromatic nitrogens is 3. The van der Waals surface area contributed by atoms with Gasteiger partial charge in [0.15, 0.2) is 5.82 Å². The Hall–Kier alpha value is -2.89. The van der Waals surface area contributed by atoms with Crippen molar-refractivity contribution >= 4 is 5.91 Å². The highest BCUT2D eigenvalue weighted by atomic mass is 16.3. The first-order chi connectivity index (χ1) is 12.6. The summed E-state index contributed by atoms with van der Waals surface area (Å²) in [5, 5.41) is 4.55. The summed E-state index contributed by atoms with van der Waals surface area (Å²) in [6, 6.07) is 10.0. The lowest BCUT2D eigenvalue weighted by Gasteiger charge is -2.32. The normalized spacial score (nSPS) is 17.5. The van der Waals surface area contributed by atoms with Gasteiger partial charge in [0.25, 0.3) is 5.91 Å². The molecule has 0 spiro atoms. The summed E-state index contributed by atoms with van der Waals surface area (Å²) >= 11 is 0. The molecule has 1 fully saturated rings. The Morgan fingerprint density at radius 1 is 1.19 bits per heavy atom. The van der Waals surface area contributed by atoms with E-state index in [-0.39, 0.29) is 17.8 Å². The SMILES string of the molecule is Cc1ccc(-n2nc(C(=O)N3CCCC[C@H]3C)nc2-c2ccoc2)cc1. The number of amides is 1. The Labute approximate surface area is 152 Å². The van der Waals surface area contributed by atoms with Gasteiger partial charge in [-0.3, -0.25) is 4.79 Å². The number of aryl methyl sites for hydroxylation is 1. The molecule has 6 nitrogen and oxygen atoms in total. The van der Waals surface area contributed by atoms with E-state index in [1.165, 1.54) is 0 Å². The molecule has 1 atom stereocenters. The van der Waals surface area contributed by atoms with Gasteiger partial charge in [0.2, 0.25) is 5.82 Å². The third kappa shape index (κ3) is 3.03. The van der Waals surface area contributed by atoms with Crippen LogP contribution in [0.2, 0.25) is 0 Å². The molecule has 26 heavy (non-hydrogen) atoms. The third-order valence-corrected chi connectivity index (χ3v) is 4.92. The van der Waals surface area contributed by atoms with Crippen LogP contribution in [0, 0.1) is 6.92 Å². The maximum Gasteiger partial charge on any atom is 0.293 e. The molecule has 6 heteroatoms. The van der Waals surface area contributed by atoms with E-state index in [2.05, 4.69) is 17.0 Å². The smallest absolute Gasteiger partial charge is 0.293 e. The number of rotatable bonds is 3. The Morgan fingerprint density at radius 2 is 2.00 bits per heavy atom. The van der Waals surface area contributed by atoms with Gasteiger partial charge >= 0.3 is 0 Å². The van der Waals surface area contributed by atoms with Crippen LogP contribution in [0.15, 0.2) is 47.3 Å². The monoisotopic (exact) mass is 350 g/mol. The molecule has 2 aromatic heterocycles. The van der Waals surface area contributed by atoms with E-state index in [9.17, 15) is 4.79 Å². The lowest BCUT2D eigenvalue weighted by atomic mass is 10.0. The summed E-state index contributed by atoms with van der Waals surface area (Å²) in [6.45, 7) is 4.89. The number of benzene rings is 1. The van der Waals surface area contributed by atoms with Crippen LogP contribution < -0.4 is 0 Å². The highest BCUT2D eigenvalue weighted by molar-refractivity contribution is 5.91. The fraction of sp³-hybridized carbons (Fsp3) is 0.350. The number of hydrogen-bond acceptors (Lipinski definition) is 4. The highest BCUT2D eigenvalue weighted by Crippen LogP contribution is 2.24. The zero-order valence-corrected chi connectivity index (χ0v) is 15.1. The molecule has 134 valence electrons. The molecule has 1 amide bonds. The number of carbonyl (C=O) groups is 1. The lowest BCUT2D eigenvalue weighted by molar-refractivity contribution is 0.0623. The maximum absolute atomic E-state index is 13.0. The molecule has 0 saturated carbocycles. The van der Waals surface area contributed by atoms with Crippen molar-refractivity contribution in [1.29, 1.82) is 0 Å². The van der Waals surface area contributed by atoms with Gasteiger partial charge in [-0.1, -0.05) is 17.7 Å². The predicted octanol–water partition coefficient (Wildman–Crippen LogP) is 3.85. The van der Waals surface area contributed by atoms with E-state index in [4.69, 9.17) is 4.42 Å². The summed E-state index contributed by atoms with van der Waals surface area (Å²) in [5.74, 6) is 0.735. The minimum Gasteiger partial charge on any atom is -0.472 e. The van der Waals surface area contributed by atoms with Crippen molar-refractivity contribution in [3.63, 3.8) is 0 Å². The summed E-state index contributed by atoms with van der Waals surface area (Å²) in [7, 11) is 0. The van der Waals surface area contributed by atoms with E-state index in [0.717, 1.165) is 42.6 Å². The Bertz CT molecular complexity index is 897. The number of nitrogens with zero attached hydrogens (tertiary/aromatic N) is 4. The van der Waals surface area contributed by atoms with Crippen molar-refractivity contribution in [3.8, 4) is 17.1 Å².